The van der Waals surface area contributed by atoms with E-state index in [-0.39, 0.29) is 30.2 Å². The van der Waals surface area contributed by atoms with E-state index in [9.17, 15) is 9.18 Å². The summed E-state index contributed by atoms with van der Waals surface area (Å²) in [5.74, 6) is -0.214. The number of nitrogens with zero attached hydrogens (tertiary/aromatic N) is 1. The molecule has 1 atom stereocenters. The van der Waals surface area contributed by atoms with Crippen molar-refractivity contribution in [1.82, 2.24) is 4.90 Å². The van der Waals surface area contributed by atoms with Gasteiger partial charge in [-0.25, -0.2) is 4.39 Å². The minimum absolute atomic E-state index is 0. The fourth-order valence-corrected chi connectivity index (χ4v) is 3.16. The molecule has 1 aliphatic heterocycles. The van der Waals surface area contributed by atoms with Crippen LogP contribution in [0.4, 0.5) is 10.1 Å². The molecule has 2 rings (SSSR count). The lowest BCUT2D eigenvalue weighted by molar-refractivity contribution is -0.122. The number of amides is 1. The highest BCUT2D eigenvalue weighted by Crippen LogP contribution is 2.24. The molecular formula is C17H26ClFN2O. The van der Waals surface area contributed by atoms with Crippen LogP contribution in [0.5, 0.6) is 0 Å². The van der Waals surface area contributed by atoms with Gasteiger partial charge in [-0.2, -0.15) is 0 Å². The van der Waals surface area contributed by atoms with E-state index in [1.54, 1.807) is 0 Å². The number of carbonyl (C=O) groups is 1. The number of aryl methyl sites for hydroxylation is 2. The molecule has 1 unspecified atom stereocenters. The monoisotopic (exact) mass is 328 g/mol. The molecule has 1 fully saturated rings. The maximum absolute atomic E-state index is 13.3. The molecule has 0 bridgehead atoms. The molecule has 0 spiro atoms. The topological polar surface area (TPSA) is 32.3 Å². The summed E-state index contributed by atoms with van der Waals surface area (Å²) in [5.41, 5.74) is 2.31. The van der Waals surface area contributed by atoms with Crippen LogP contribution < -0.4 is 5.32 Å². The summed E-state index contributed by atoms with van der Waals surface area (Å²) in [5, 5.41) is 3.02. The van der Waals surface area contributed by atoms with Crippen LogP contribution in [0.2, 0.25) is 0 Å². The molecule has 5 heteroatoms. The Morgan fingerprint density at radius 2 is 1.95 bits per heavy atom. The summed E-state index contributed by atoms with van der Waals surface area (Å²) in [6.07, 6.45) is 4.22. The Morgan fingerprint density at radius 3 is 2.55 bits per heavy atom. The van der Waals surface area contributed by atoms with E-state index in [4.69, 9.17) is 0 Å². The summed E-state index contributed by atoms with van der Waals surface area (Å²) >= 11 is 0. The minimum atomic E-state index is -0.256. The summed E-state index contributed by atoms with van der Waals surface area (Å²) in [4.78, 5) is 14.9. The van der Waals surface area contributed by atoms with Gasteiger partial charge in [-0.3, -0.25) is 9.69 Å². The Hall–Kier alpha value is -1.13. The van der Waals surface area contributed by atoms with E-state index in [1.165, 1.54) is 18.6 Å². The molecule has 0 radical (unpaired) electrons. The molecular weight excluding hydrogens is 303 g/mol. The third-order valence-electron chi connectivity index (χ3n) is 4.17. The molecule has 22 heavy (non-hydrogen) atoms. The highest BCUT2D eigenvalue weighted by Gasteiger charge is 2.28. The molecule has 1 saturated heterocycles. The quantitative estimate of drug-likeness (QED) is 0.903. The average Bonchev–Trinajstić information content (AvgIpc) is 2.43. The molecule has 1 aliphatic rings. The first-order valence-corrected chi connectivity index (χ1v) is 7.84. The van der Waals surface area contributed by atoms with Gasteiger partial charge < -0.3 is 5.32 Å². The SMILES string of the molecule is CCCN1CCCCC1C(=O)Nc1c(C)cc(F)cc1C.Cl. The number of halogens is 2. The zero-order valence-electron chi connectivity index (χ0n) is 13.6. The Balaban J connectivity index is 0.00000242. The Kier molecular flexibility index (Phi) is 7.30. The zero-order valence-corrected chi connectivity index (χ0v) is 14.4. The van der Waals surface area contributed by atoms with Gasteiger partial charge in [0.1, 0.15) is 5.82 Å². The lowest BCUT2D eigenvalue weighted by atomic mass is 10.0. The van der Waals surface area contributed by atoms with Crippen LogP contribution in [0, 0.1) is 19.7 Å². The lowest BCUT2D eigenvalue weighted by Crippen LogP contribution is -2.47. The van der Waals surface area contributed by atoms with Gasteiger partial charge in [0, 0.05) is 5.69 Å². The molecule has 1 amide bonds. The number of nitrogens with one attached hydrogen (secondary N) is 1. The first-order chi connectivity index (χ1) is 10.0. The summed E-state index contributed by atoms with van der Waals surface area (Å²) in [7, 11) is 0. The third kappa shape index (κ3) is 4.43. The van der Waals surface area contributed by atoms with Gasteiger partial charge in [-0.05, 0) is 69.5 Å². The maximum Gasteiger partial charge on any atom is 0.241 e. The molecule has 3 nitrogen and oxygen atoms in total. The van der Waals surface area contributed by atoms with Crippen molar-refractivity contribution in [3.8, 4) is 0 Å². The van der Waals surface area contributed by atoms with Gasteiger partial charge in [0.05, 0.1) is 6.04 Å². The van der Waals surface area contributed by atoms with Gasteiger partial charge >= 0.3 is 0 Å². The van der Waals surface area contributed by atoms with Gasteiger partial charge in [0.2, 0.25) is 5.91 Å². The number of benzene rings is 1. The maximum atomic E-state index is 13.3. The van der Waals surface area contributed by atoms with E-state index >= 15 is 0 Å². The number of anilines is 1. The molecule has 0 aliphatic carbocycles. The number of carbonyl (C=O) groups excluding carboxylic acids is 1. The molecule has 0 aromatic heterocycles. The molecule has 1 aromatic rings. The van der Waals surface area contributed by atoms with Crippen molar-refractivity contribution in [3.05, 3.63) is 29.1 Å². The van der Waals surface area contributed by atoms with E-state index in [2.05, 4.69) is 17.1 Å². The fourth-order valence-electron chi connectivity index (χ4n) is 3.16. The van der Waals surface area contributed by atoms with Gasteiger partial charge in [-0.15, -0.1) is 12.4 Å². The van der Waals surface area contributed by atoms with Gasteiger partial charge in [0.25, 0.3) is 0 Å². The molecule has 1 N–H and O–H groups in total. The first-order valence-electron chi connectivity index (χ1n) is 7.84. The van der Waals surface area contributed by atoms with Crippen LogP contribution in [0.25, 0.3) is 0 Å². The number of hydrogen-bond acceptors (Lipinski definition) is 2. The second-order valence-corrected chi connectivity index (χ2v) is 5.95. The minimum Gasteiger partial charge on any atom is -0.324 e. The first kappa shape index (κ1) is 18.9. The van der Waals surface area contributed by atoms with E-state index < -0.39 is 0 Å². The van der Waals surface area contributed by atoms with Crippen LogP contribution in [0.3, 0.4) is 0 Å². The van der Waals surface area contributed by atoms with Crippen LogP contribution in [-0.4, -0.2) is 29.9 Å². The number of hydrogen-bond donors (Lipinski definition) is 1. The van der Waals surface area contributed by atoms with Crippen molar-refractivity contribution in [2.75, 3.05) is 18.4 Å². The summed E-state index contributed by atoms with van der Waals surface area (Å²) < 4.78 is 13.3. The highest BCUT2D eigenvalue weighted by atomic mass is 35.5. The lowest BCUT2D eigenvalue weighted by Gasteiger charge is -2.34. The van der Waals surface area contributed by atoms with Crippen molar-refractivity contribution >= 4 is 24.0 Å². The highest BCUT2D eigenvalue weighted by molar-refractivity contribution is 5.96. The van der Waals surface area contributed by atoms with Crippen molar-refractivity contribution < 1.29 is 9.18 Å². The van der Waals surface area contributed by atoms with Crippen LogP contribution in [-0.2, 0) is 4.79 Å². The Bertz CT molecular complexity index is 496. The smallest absolute Gasteiger partial charge is 0.241 e. The second-order valence-electron chi connectivity index (χ2n) is 5.95. The predicted octanol–water partition coefficient (Wildman–Crippen LogP) is 4.07. The average molecular weight is 329 g/mol. The van der Waals surface area contributed by atoms with E-state index in [0.29, 0.717) is 0 Å². The van der Waals surface area contributed by atoms with Crippen molar-refractivity contribution in [1.29, 1.82) is 0 Å². The summed E-state index contributed by atoms with van der Waals surface area (Å²) in [6, 6.07) is 2.88. The van der Waals surface area contributed by atoms with Crippen LogP contribution in [0.15, 0.2) is 12.1 Å². The van der Waals surface area contributed by atoms with Crippen molar-refractivity contribution in [3.63, 3.8) is 0 Å². The largest absolute Gasteiger partial charge is 0.324 e. The Labute approximate surface area is 138 Å². The van der Waals surface area contributed by atoms with Crippen LogP contribution >= 0.6 is 12.4 Å². The molecule has 1 heterocycles. The molecule has 124 valence electrons. The van der Waals surface area contributed by atoms with E-state index in [0.717, 1.165) is 49.2 Å². The molecule has 1 aromatic carbocycles. The van der Waals surface area contributed by atoms with Crippen molar-refractivity contribution in [2.24, 2.45) is 0 Å². The predicted molar refractivity (Wildman–Crippen MR) is 91.3 cm³/mol. The van der Waals surface area contributed by atoms with Crippen molar-refractivity contribution in [2.45, 2.75) is 52.5 Å². The standard InChI is InChI=1S/C17H25FN2O.ClH/c1-4-8-20-9-6-5-7-15(20)17(21)19-16-12(2)10-14(18)11-13(16)3;/h10-11,15H,4-9H2,1-3H3,(H,19,21);1H. The van der Waals surface area contributed by atoms with Crippen LogP contribution in [0.1, 0.15) is 43.7 Å². The third-order valence-corrected chi connectivity index (χ3v) is 4.17. The zero-order chi connectivity index (χ0) is 15.4. The summed E-state index contributed by atoms with van der Waals surface area (Å²) in [6.45, 7) is 7.75. The normalized spacial score (nSPS) is 18.6. The number of likely N-dealkylation sites (tertiary alicyclic amines) is 1. The van der Waals surface area contributed by atoms with Gasteiger partial charge in [0.15, 0.2) is 0 Å². The number of piperidine rings is 1. The Morgan fingerprint density at radius 1 is 1.32 bits per heavy atom. The second kappa shape index (κ2) is 8.49. The van der Waals surface area contributed by atoms with Gasteiger partial charge in [-0.1, -0.05) is 13.3 Å². The molecule has 0 saturated carbocycles. The number of rotatable bonds is 4. The fraction of sp³-hybridized carbons (Fsp3) is 0.588. The van der Waals surface area contributed by atoms with E-state index in [1.807, 2.05) is 13.8 Å².